The molecule has 1 amide bonds. The zero-order chi connectivity index (χ0) is 18.8. The summed E-state index contributed by atoms with van der Waals surface area (Å²) < 4.78 is 6.04. The summed E-state index contributed by atoms with van der Waals surface area (Å²) in [6, 6.07) is 21.8. The maximum absolute atomic E-state index is 12.9. The van der Waals surface area contributed by atoms with E-state index in [1.165, 1.54) is 11.8 Å². The Labute approximate surface area is 167 Å². The first-order chi connectivity index (χ1) is 13.2. The summed E-state index contributed by atoms with van der Waals surface area (Å²) in [4.78, 5) is 15.2. The molecule has 5 heteroatoms. The molecule has 4 rings (SSSR count). The largest absolute Gasteiger partial charge is 0.496 e. The number of hydrogen-bond acceptors (Lipinski definition) is 4. The number of thioether (sulfide) groups is 1. The van der Waals surface area contributed by atoms with Crippen LogP contribution in [0.15, 0.2) is 71.6 Å². The monoisotopic (exact) mass is 391 g/mol. The number of amides is 1. The van der Waals surface area contributed by atoms with Crippen molar-refractivity contribution in [2.75, 3.05) is 7.11 Å². The van der Waals surface area contributed by atoms with Gasteiger partial charge in [0.2, 0.25) is 0 Å². The zero-order valence-electron chi connectivity index (χ0n) is 14.7. The van der Waals surface area contributed by atoms with E-state index in [4.69, 9.17) is 17.0 Å². The van der Waals surface area contributed by atoms with Crippen LogP contribution in [-0.2, 0) is 11.3 Å². The van der Waals surface area contributed by atoms with Gasteiger partial charge >= 0.3 is 0 Å². The van der Waals surface area contributed by atoms with Crippen molar-refractivity contribution < 1.29 is 9.53 Å². The molecule has 0 aromatic heterocycles. The van der Waals surface area contributed by atoms with E-state index in [1.54, 1.807) is 12.0 Å². The molecule has 27 heavy (non-hydrogen) atoms. The normalized spacial score (nSPS) is 15.7. The molecular weight excluding hydrogens is 374 g/mol. The summed E-state index contributed by atoms with van der Waals surface area (Å²) in [6.07, 6.45) is 1.92. The molecule has 3 aromatic carbocycles. The van der Waals surface area contributed by atoms with E-state index in [1.807, 2.05) is 72.8 Å². The number of thiocarbonyl (C=S) groups is 1. The van der Waals surface area contributed by atoms with Gasteiger partial charge in [-0.25, -0.2) is 0 Å². The first-order valence-electron chi connectivity index (χ1n) is 8.52. The quantitative estimate of drug-likeness (QED) is 0.449. The lowest BCUT2D eigenvalue weighted by atomic mass is 10.0. The molecule has 0 spiro atoms. The van der Waals surface area contributed by atoms with E-state index in [-0.39, 0.29) is 5.91 Å². The lowest BCUT2D eigenvalue weighted by molar-refractivity contribution is -0.122. The molecular formula is C22H17NO2S2. The van der Waals surface area contributed by atoms with Crippen LogP contribution in [0.1, 0.15) is 11.1 Å². The standard InChI is InChI=1S/C22H17NO2S2/c1-25-19-12-11-16(17-9-5-6-10-18(17)19)13-20-21(24)23(22(26)27-20)14-15-7-3-2-4-8-15/h2-13H,14H2,1H3/b20-13+. The van der Waals surface area contributed by atoms with E-state index in [0.29, 0.717) is 15.8 Å². The van der Waals surface area contributed by atoms with E-state index < -0.39 is 0 Å². The number of fused-ring (bicyclic) bond motifs is 1. The second-order valence-corrected chi connectivity index (χ2v) is 7.83. The van der Waals surface area contributed by atoms with E-state index >= 15 is 0 Å². The van der Waals surface area contributed by atoms with Gasteiger partial charge in [0.25, 0.3) is 5.91 Å². The highest BCUT2D eigenvalue weighted by atomic mass is 32.2. The third kappa shape index (κ3) is 3.48. The Hall–Kier alpha value is -2.63. The third-order valence-corrected chi connectivity index (χ3v) is 5.86. The molecule has 0 saturated carbocycles. The van der Waals surface area contributed by atoms with Gasteiger partial charge in [-0.2, -0.15) is 0 Å². The molecule has 1 aliphatic rings. The van der Waals surface area contributed by atoms with Gasteiger partial charge in [0.15, 0.2) is 0 Å². The Bertz CT molecular complexity index is 1060. The van der Waals surface area contributed by atoms with Gasteiger partial charge in [0.05, 0.1) is 18.6 Å². The lowest BCUT2D eigenvalue weighted by Crippen LogP contribution is -2.27. The van der Waals surface area contributed by atoms with E-state index in [9.17, 15) is 4.79 Å². The molecule has 134 valence electrons. The molecule has 0 unspecified atom stereocenters. The summed E-state index contributed by atoms with van der Waals surface area (Å²) >= 11 is 6.80. The van der Waals surface area contributed by atoms with Crippen LogP contribution in [0.25, 0.3) is 16.8 Å². The van der Waals surface area contributed by atoms with Crippen molar-refractivity contribution in [1.82, 2.24) is 4.90 Å². The number of carbonyl (C=O) groups is 1. The summed E-state index contributed by atoms with van der Waals surface area (Å²) in [7, 11) is 1.66. The molecule has 0 N–H and O–H groups in total. The average Bonchev–Trinajstić information content (AvgIpc) is 2.96. The highest BCUT2D eigenvalue weighted by Gasteiger charge is 2.32. The first kappa shape index (κ1) is 17.8. The van der Waals surface area contributed by atoms with Gasteiger partial charge < -0.3 is 4.74 Å². The number of nitrogens with zero attached hydrogens (tertiary/aromatic N) is 1. The molecule has 0 atom stereocenters. The van der Waals surface area contributed by atoms with Gasteiger partial charge in [-0.1, -0.05) is 84.6 Å². The molecule has 0 aliphatic carbocycles. The van der Waals surface area contributed by atoms with Gasteiger partial charge in [-0.15, -0.1) is 0 Å². The van der Waals surface area contributed by atoms with Crippen LogP contribution in [0.5, 0.6) is 5.75 Å². The molecule has 1 aliphatic heterocycles. The van der Waals surface area contributed by atoms with Crippen molar-refractivity contribution in [3.8, 4) is 5.75 Å². The number of ether oxygens (including phenoxy) is 1. The highest BCUT2D eigenvalue weighted by molar-refractivity contribution is 8.26. The molecule has 3 nitrogen and oxygen atoms in total. The van der Waals surface area contributed by atoms with Crippen LogP contribution in [0, 0.1) is 0 Å². The Balaban J connectivity index is 1.68. The van der Waals surface area contributed by atoms with Crippen molar-refractivity contribution in [2.24, 2.45) is 0 Å². The van der Waals surface area contributed by atoms with E-state index in [0.717, 1.165) is 27.6 Å². The molecule has 1 saturated heterocycles. The molecule has 1 fully saturated rings. The molecule has 0 radical (unpaired) electrons. The maximum Gasteiger partial charge on any atom is 0.266 e. The minimum atomic E-state index is -0.0475. The van der Waals surface area contributed by atoms with Crippen molar-refractivity contribution >= 4 is 51.1 Å². The molecule has 1 heterocycles. The number of benzene rings is 3. The van der Waals surface area contributed by atoms with Crippen LogP contribution in [0.4, 0.5) is 0 Å². The fraction of sp³-hybridized carbons (Fsp3) is 0.0909. The minimum absolute atomic E-state index is 0.0475. The predicted molar refractivity (Wildman–Crippen MR) is 116 cm³/mol. The van der Waals surface area contributed by atoms with Crippen molar-refractivity contribution in [1.29, 1.82) is 0 Å². The van der Waals surface area contributed by atoms with Crippen molar-refractivity contribution in [3.63, 3.8) is 0 Å². The summed E-state index contributed by atoms with van der Waals surface area (Å²) in [5, 5.41) is 2.07. The molecule has 3 aromatic rings. The van der Waals surface area contributed by atoms with Crippen molar-refractivity contribution in [3.05, 3.63) is 82.8 Å². The van der Waals surface area contributed by atoms with Crippen LogP contribution in [0.2, 0.25) is 0 Å². The smallest absolute Gasteiger partial charge is 0.266 e. The van der Waals surface area contributed by atoms with E-state index in [2.05, 4.69) is 0 Å². The topological polar surface area (TPSA) is 29.5 Å². The van der Waals surface area contributed by atoms with Gasteiger partial charge in [-0.3, -0.25) is 9.69 Å². The average molecular weight is 392 g/mol. The SMILES string of the molecule is COc1ccc(/C=C2/SC(=S)N(Cc3ccccc3)C2=O)c2ccccc12. The number of rotatable bonds is 4. The van der Waals surface area contributed by atoms with Crippen LogP contribution < -0.4 is 4.74 Å². The Morgan fingerprint density at radius 2 is 1.70 bits per heavy atom. The molecule has 0 bridgehead atoms. The van der Waals surface area contributed by atoms with Crippen LogP contribution in [-0.4, -0.2) is 22.2 Å². The third-order valence-electron chi connectivity index (χ3n) is 4.48. The summed E-state index contributed by atoms with van der Waals surface area (Å²) in [5.41, 5.74) is 2.04. The Morgan fingerprint density at radius 3 is 2.44 bits per heavy atom. The second-order valence-electron chi connectivity index (χ2n) is 6.16. The van der Waals surface area contributed by atoms with Crippen LogP contribution in [0.3, 0.4) is 0 Å². The maximum atomic E-state index is 12.9. The zero-order valence-corrected chi connectivity index (χ0v) is 16.3. The fourth-order valence-electron chi connectivity index (χ4n) is 3.14. The number of carbonyl (C=O) groups excluding carboxylic acids is 1. The highest BCUT2D eigenvalue weighted by Crippen LogP contribution is 2.36. The van der Waals surface area contributed by atoms with Gasteiger partial charge in [0, 0.05) is 5.39 Å². The van der Waals surface area contributed by atoms with Gasteiger partial charge in [-0.05, 0) is 28.7 Å². The first-order valence-corrected chi connectivity index (χ1v) is 9.75. The van der Waals surface area contributed by atoms with Gasteiger partial charge in [0.1, 0.15) is 10.1 Å². The summed E-state index contributed by atoms with van der Waals surface area (Å²) in [6.45, 7) is 0.492. The minimum Gasteiger partial charge on any atom is -0.496 e. The Morgan fingerprint density at radius 1 is 1.00 bits per heavy atom. The van der Waals surface area contributed by atoms with Crippen molar-refractivity contribution in [2.45, 2.75) is 6.54 Å². The number of methoxy groups -OCH3 is 1. The second kappa shape index (κ2) is 7.55. The lowest BCUT2D eigenvalue weighted by Gasteiger charge is -2.14. The number of hydrogen-bond donors (Lipinski definition) is 0. The fourth-order valence-corrected chi connectivity index (χ4v) is 4.39. The summed E-state index contributed by atoms with van der Waals surface area (Å²) in [5.74, 6) is 0.771. The Kier molecular flexibility index (Phi) is 4.97. The predicted octanol–water partition coefficient (Wildman–Crippen LogP) is 5.25. The van der Waals surface area contributed by atoms with Crippen LogP contribution >= 0.6 is 24.0 Å².